The van der Waals surface area contributed by atoms with E-state index in [9.17, 15) is 0 Å². The molecule has 0 amide bonds. The number of aliphatic imine (C=N–C) groups is 1. The number of benzene rings is 3. The standard InChI is InChI=1S/C28H28N4O2/c1-3-26-30-27(34-31-26)21-18-29-20-32(19-21)28(22-10-6-4-7-11-22,23-12-8-5-9-13-23)24-14-16-25(33-2)17-15-24/h4-17,20-21H,3,18-19H2,1-2H3/i1D3,3D2. The van der Waals surface area contributed by atoms with Crippen LogP contribution in [0.15, 0.2) is 94.4 Å². The fraction of sp³-hybridized carbons (Fsp3) is 0.250. The molecule has 1 atom stereocenters. The van der Waals surface area contributed by atoms with E-state index >= 15 is 0 Å². The molecule has 0 bridgehead atoms. The Balaban J connectivity index is 1.63. The van der Waals surface area contributed by atoms with E-state index in [0.717, 1.165) is 22.4 Å². The number of nitrogens with zero attached hydrogens (tertiary/aromatic N) is 4. The minimum atomic E-state index is -2.94. The van der Waals surface area contributed by atoms with Crippen LogP contribution in [0.25, 0.3) is 0 Å². The third-order valence-corrected chi connectivity index (χ3v) is 6.19. The first-order chi connectivity index (χ1) is 18.7. The second-order valence-corrected chi connectivity index (χ2v) is 8.08. The monoisotopic (exact) mass is 457 g/mol. The van der Waals surface area contributed by atoms with Crippen LogP contribution in [0.5, 0.6) is 5.75 Å². The van der Waals surface area contributed by atoms with Crippen molar-refractivity contribution in [2.24, 2.45) is 4.99 Å². The molecule has 0 saturated carbocycles. The highest BCUT2D eigenvalue weighted by molar-refractivity contribution is 5.65. The molecular weight excluding hydrogens is 424 g/mol. The summed E-state index contributed by atoms with van der Waals surface area (Å²) in [6, 6.07) is 28.1. The molecule has 2 heterocycles. The second-order valence-electron chi connectivity index (χ2n) is 8.08. The fourth-order valence-corrected chi connectivity index (χ4v) is 4.64. The molecule has 4 aromatic rings. The SMILES string of the molecule is [2H]C([2H])([2H])C([2H])([2H])c1noc(C2CN=CN(C(c3ccccc3)(c3ccccc3)c3ccc(OC)cc3)C2)n1. The van der Waals surface area contributed by atoms with Crippen LogP contribution in [0.1, 0.15) is 48.0 Å². The first-order valence-electron chi connectivity index (χ1n) is 13.5. The molecule has 0 aliphatic carbocycles. The zero-order valence-corrected chi connectivity index (χ0v) is 18.8. The summed E-state index contributed by atoms with van der Waals surface area (Å²) in [5.41, 5.74) is 2.21. The molecule has 6 nitrogen and oxygen atoms in total. The van der Waals surface area contributed by atoms with Gasteiger partial charge in [-0.25, -0.2) is 0 Å². The predicted molar refractivity (Wildman–Crippen MR) is 132 cm³/mol. The van der Waals surface area contributed by atoms with Crippen LogP contribution in [0.4, 0.5) is 0 Å². The summed E-state index contributed by atoms with van der Waals surface area (Å²) >= 11 is 0. The summed E-state index contributed by atoms with van der Waals surface area (Å²) in [7, 11) is 1.63. The Morgan fingerprint density at radius 2 is 1.65 bits per heavy atom. The smallest absolute Gasteiger partial charge is 0.233 e. The highest BCUT2D eigenvalue weighted by atomic mass is 16.5. The third kappa shape index (κ3) is 3.85. The molecule has 1 unspecified atom stereocenters. The average Bonchev–Trinajstić information content (AvgIpc) is 3.46. The Morgan fingerprint density at radius 3 is 2.26 bits per heavy atom. The Morgan fingerprint density at radius 1 is 1.00 bits per heavy atom. The fourth-order valence-electron chi connectivity index (χ4n) is 4.64. The molecule has 0 saturated heterocycles. The summed E-state index contributed by atoms with van der Waals surface area (Å²) in [6.07, 6.45) is -0.924. The maximum absolute atomic E-state index is 8.02. The van der Waals surface area contributed by atoms with Crippen LogP contribution in [0.2, 0.25) is 0 Å². The van der Waals surface area contributed by atoms with Gasteiger partial charge in [-0.2, -0.15) is 4.98 Å². The Hall–Kier alpha value is -3.93. The van der Waals surface area contributed by atoms with Gasteiger partial charge in [0.25, 0.3) is 0 Å². The van der Waals surface area contributed by atoms with E-state index in [0.29, 0.717) is 13.1 Å². The molecule has 0 fully saturated rings. The quantitative estimate of drug-likeness (QED) is 0.363. The Bertz CT molecular complexity index is 1380. The molecule has 0 N–H and O–H groups in total. The second kappa shape index (κ2) is 9.51. The van der Waals surface area contributed by atoms with Crippen LogP contribution in [0.3, 0.4) is 0 Å². The third-order valence-electron chi connectivity index (χ3n) is 6.19. The van der Waals surface area contributed by atoms with Crippen LogP contribution >= 0.6 is 0 Å². The Labute approximate surface area is 206 Å². The van der Waals surface area contributed by atoms with Gasteiger partial charge in [0, 0.05) is 19.8 Å². The maximum Gasteiger partial charge on any atom is 0.233 e. The van der Waals surface area contributed by atoms with Crippen molar-refractivity contribution in [2.45, 2.75) is 24.7 Å². The van der Waals surface area contributed by atoms with Crippen LogP contribution in [0, 0.1) is 0 Å². The van der Waals surface area contributed by atoms with E-state index in [-0.39, 0.29) is 5.89 Å². The van der Waals surface area contributed by atoms with E-state index in [2.05, 4.69) is 44.3 Å². The zero-order valence-electron chi connectivity index (χ0n) is 23.8. The van der Waals surface area contributed by atoms with Gasteiger partial charge in [-0.3, -0.25) is 4.99 Å². The molecule has 0 spiro atoms. The highest BCUT2D eigenvalue weighted by Crippen LogP contribution is 2.43. The number of hydrogen-bond donors (Lipinski definition) is 0. The molecule has 5 rings (SSSR count). The summed E-state index contributed by atoms with van der Waals surface area (Å²) in [6.45, 7) is -2.20. The van der Waals surface area contributed by atoms with Gasteiger partial charge < -0.3 is 14.2 Å². The van der Waals surface area contributed by atoms with Crippen molar-refractivity contribution >= 4 is 6.34 Å². The lowest BCUT2D eigenvalue weighted by molar-refractivity contribution is 0.228. The van der Waals surface area contributed by atoms with Crippen molar-refractivity contribution in [2.75, 3.05) is 20.2 Å². The molecule has 1 aliphatic rings. The van der Waals surface area contributed by atoms with Gasteiger partial charge in [-0.05, 0) is 28.8 Å². The van der Waals surface area contributed by atoms with Gasteiger partial charge >= 0.3 is 0 Å². The van der Waals surface area contributed by atoms with Crippen molar-refractivity contribution in [3.63, 3.8) is 0 Å². The van der Waals surface area contributed by atoms with Crippen molar-refractivity contribution in [3.8, 4) is 5.75 Å². The summed E-state index contributed by atoms with van der Waals surface area (Å²) in [5, 5.41) is 3.70. The minimum absolute atomic E-state index is 0.143. The lowest BCUT2D eigenvalue weighted by atomic mass is 9.75. The molecular formula is C28H28N4O2. The molecule has 6 heteroatoms. The number of rotatable bonds is 7. The van der Waals surface area contributed by atoms with E-state index in [4.69, 9.17) is 16.1 Å². The van der Waals surface area contributed by atoms with Gasteiger partial charge in [0.15, 0.2) is 5.82 Å². The average molecular weight is 458 g/mol. The summed E-state index contributed by atoms with van der Waals surface area (Å²) in [5.74, 6) is -0.00885. The van der Waals surface area contributed by atoms with E-state index in [1.165, 1.54) is 0 Å². The molecule has 34 heavy (non-hydrogen) atoms. The van der Waals surface area contributed by atoms with Crippen LogP contribution in [-0.4, -0.2) is 41.6 Å². The van der Waals surface area contributed by atoms with Gasteiger partial charge in [-0.15, -0.1) is 0 Å². The number of hydrogen-bond acceptors (Lipinski definition) is 6. The van der Waals surface area contributed by atoms with Gasteiger partial charge in [-0.1, -0.05) is 84.8 Å². The lowest BCUT2D eigenvalue weighted by Crippen LogP contribution is -2.50. The maximum atomic E-state index is 8.02. The van der Waals surface area contributed by atoms with Crippen molar-refractivity contribution < 1.29 is 16.1 Å². The largest absolute Gasteiger partial charge is 0.497 e. The topological polar surface area (TPSA) is 63.8 Å². The molecule has 3 aromatic carbocycles. The molecule has 1 aromatic heterocycles. The van der Waals surface area contributed by atoms with E-state index in [1.54, 1.807) is 7.11 Å². The summed E-state index contributed by atoms with van der Waals surface area (Å²) < 4.78 is 49.6. The van der Waals surface area contributed by atoms with Crippen LogP contribution < -0.4 is 4.74 Å². The minimum Gasteiger partial charge on any atom is -0.497 e. The van der Waals surface area contributed by atoms with E-state index in [1.807, 2.05) is 67.0 Å². The lowest BCUT2D eigenvalue weighted by Gasteiger charge is -2.46. The number of aromatic nitrogens is 2. The molecule has 0 radical (unpaired) electrons. The molecule has 172 valence electrons. The first-order valence-corrected chi connectivity index (χ1v) is 11.0. The number of methoxy groups -OCH3 is 1. The molecule has 1 aliphatic heterocycles. The zero-order chi connectivity index (χ0) is 27.7. The van der Waals surface area contributed by atoms with Crippen LogP contribution in [-0.2, 0) is 11.9 Å². The van der Waals surface area contributed by atoms with Crippen molar-refractivity contribution in [1.29, 1.82) is 0 Å². The van der Waals surface area contributed by atoms with Crippen molar-refractivity contribution in [1.82, 2.24) is 15.0 Å². The first kappa shape index (κ1) is 16.6. The number of ether oxygens (including phenoxy) is 1. The van der Waals surface area contributed by atoms with E-state index < -0.39 is 30.5 Å². The normalized spacial score (nSPS) is 18.9. The van der Waals surface area contributed by atoms with Gasteiger partial charge in [0.1, 0.15) is 11.3 Å². The summed E-state index contributed by atoms with van der Waals surface area (Å²) in [4.78, 5) is 11.0. The van der Waals surface area contributed by atoms with Crippen molar-refractivity contribution in [3.05, 3.63) is 113 Å². The predicted octanol–water partition coefficient (Wildman–Crippen LogP) is 5.06. The Kier molecular flexibility index (Phi) is 4.66. The van der Waals surface area contributed by atoms with Gasteiger partial charge in [0.05, 0.1) is 25.9 Å². The highest BCUT2D eigenvalue weighted by Gasteiger charge is 2.43. The van der Waals surface area contributed by atoms with Gasteiger partial charge in [0.2, 0.25) is 5.89 Å². The number of aryl methyl sites for hydroxylation is 1.